The maximum Gasteiger partial charge on any atom is 0.262 e. The molecule has 0 saturated heterocycles. The van der Waals surface area contributed by atoms with Gasteiger partial charge in [-0.3, -0.25) is 19.3 Å². The molecule has 0 spiro atoms. The Hall–Kier alpha value is -3.47. The molecule has 0 unspecified atom stereocenters. The second-order valence-electron chi connectivity index (χ2n) is 6.21. The highest BCUT2D eigenvalue weighted by Gasteiger charge is 2.43. The summed E-state index contributed by atoms with van der Waals surface area (Å²) in [6, 6.07) is 18.0. The van der Waals surface area contributed by atoms with Gasteiger partial charge in [-0.2, -0.15) is 0 Å². The topological polar surface area (TPSA) is 59.4 Å². The number of nitrogens with zero attached hydrogens (tertiary/aromatic N) is 2. The first-order valence-electron chi connectivity index (χ1n) is 8.27. The zero-order valence-electron chi connectivity index (χ0n) is 14.1. The summed E-state index contributed by atoms with van der Waals surface area (Å²) in [7, 11) is 1.76. The van der Waals surface area contributed by atoms with E-state index in [1.807, 2.05) is 6.07 Å². The van der Waals surface area contributed by atoms with Crippen LogP contribution in [-0.2, 0) is 7.05 Å². The molecule has 0 saturated carbocycles. The molecule has 3 aromatic rings. The molecular formula is C21H16N2O3. The third-order valence-electron chi connectivity index (χ3n) is 4.64. The molecule has 2 aromatic carbocycles. The van der Waals surface area contributed by atoms with Gasteiger partial charge in [-0.25, -0.2) is 0 Å². The average molecular weight is 344 g/mol. The Morgan fingerprint density at radius 3 is 1.92 bits per heavy atom. The lowest BCUT2D eigenvalue weighted by molar-refractivity contribution is 0.0536. The molecule has 0 aliphatic carbocycles. The van der Waals surface area contributed by atoms with Crippen LogP contribution in [0.25, 0.3) is 0 Å². The molecule has 2 heterocycles. The van der Waals surface area contributed by atoms with Gasteiger partial charge in [0.05, 0.1) is 16.8 Å². The molecule has 1 aliphatic heterocycles. The third-order valence-corrected chi connectivity index (χ3v) is 4.64. The Labute approximate surface area is 150 Å². The van der Waals surface area contributed by atoms with Gasteiger partial charge in [-0.1, -0.05) is 42.5 Å². The maximum atomic E-state index is 13.3. The normalized spacial score (nSPS) is 14.4. The minimum Gasteiger partial charge on any atom is -0.348 e. The van der Waals surface area contributed by atoms with Crippen molar-refractivity contribution >= 4 is 17.6 Å². The molecule has 0 bridgehead atoms. The van der Waals surface area contributed by atoms with Crippen molar-refractivity contribution in [2.45, 2.75) is 6.04 Å². The number of hydrogen-bond acceptors (Lipinski definition) is 3. The van der Waals surface area contributed by atoms with E-state index < -0.39 is 17.9 Å². The largest absolute Gasteiger partial charge is 0.348 e. The summed E-state index contributed by atoms with van der Waals surface area (Å²) in [5, 5.41) is 0. The van der Waals surface area contributed by atoms with Gasteiger partial charge in [0.1, 0.15) is 6.04 Å². The molecule has 128 valence electrons. The number of carbonyl (C=O) groups excluding carboxylic acids is 3. The second kappa shape index (κ2) is 6.11. The van der Waals surface area contributed by atoms with Crippen molar-refractivity contribution in [1.82, 2.24) is 9.47 Å². The average Bonchev–Trinajstić information content (AvgIpc) is 3.20. The van der Waals surface area contributed by atoms with Crippen LogP contribution in [0, 0.1) is 0 Å². The molecule has 5 nitrogen and oxygen atoms in total. The van der Waals surface area contributed by atoms with E-state index in [0.717, 1.165) is 4.90 Å². The minimum absolute atomic E-state index is 0.293. The standard InChI is InChI=1S/C21H16N2O3/c1-22-13-7-12-17(22)19(24)18(14-8-3-2-4-9-14)23-20(25)15-10-5-6-11-16(15)21(23)26/h2-13,18H,1H3/t18-/m0/s1. The first-order valence-corrected chi connectivity index (χ1v) is 8.27. The third kappa shape index (κ3) is 2.37. The van der Waals surface area contributed by atoms with Crippen molar-refractivity contribution in [1.29, 1.82) is 0 Å². The van der Waals surface area contributed by atoms with Gasteiger partial charge >= 0.3 is 0 Å². The van der Waals surface area contributed by atoms with Crippen molar-refractivity contribution < 1.29 is 14.4 Å². The fraction of sp³-hybridized carbons (Fsp3) is 0.0952. The highest BCUT2D eigenvalue weighted by Crippen LogP contribution is 2.33. The maximum absolute atomic E-state index is 13.3. The van der Waals surface area contributed by atoms with E-state index >= 15 is 0 Å². The van der Waals surface area contributed by atoms with Crippen LogP contribution in [0.3, 0.4) is 0 Å². The number of rotatable bonds is 4. The number of fused-ring (bicyclic) bond motifs is 1. The van der Waals surface area contributed by atoms with Gasteiger partial charge in [0.15, 0.2) is 0 Å². The van der Waals surface area contributed by atoms with Gasteiger partial charge in [0.25, 0.3) is 11.8 Å². The number of Topliss-reactive ketones (excluding diaryl/α,β-unsaturated/α-hetero) is 1. The number of aryl methyl sites for hydroxylation is 1. The first-order chi connectivity index (χ1) is 12.6. The number of benzene rings is 2. The van der Waals surface area contributed by atoms with Crippen LogP contribution in [0.5, 0.6) is 0 Å². The van der Waals surface area contributed by atoms with Crippen LogP contribution in [-0.4, -0.2) is 27.1 Å². The van der Waals surface area contributed by atoms with Crippen LogP contribution in [0.2, 0.25) is 0 Å². The molecule has 1 atom stereocenters. The van der Waals surface area contributed by atoms with Crippen molar-refractivity contribution in [3.8, 4) is 0 Å². The van der Waals surface area contributed by atoms with Crippen LogP contribution in [0.15, 0.2) is 72.9 Å². The Morgan fingerprint density at radius 2 is 1.38 bits per heavy atom. The molecule has 0 N–H and O–H groups in total. The molecular weight excluding hydrogens is 328 g/mol. The molecule has 5 heteroatoms. The van der Waals surface area contributed by atoms with Gasteiger partial charge in [-0.15, -0.1) is 0 Å². The lowest BCUT2D eigenvalue weighted by atomic mass is 9.99. The number of imide groups is 1. The number of carbonyl (C=O) groups is 3. The Balaban J connectivity index is 1.85. The van der Waals surface area contributed by atoms with E-state index in [0.29, 0.717) is 22.4 Å². The first kappa shape index (κ1) is 16.0. The molecule has 0 radical (unpaired) electrons. The lowest BCUT2D eigenvalue weighted by Crippen LogP contribution is -2.39. The zero-order valence-corrected chi connectivity index (χ0v) is 14.1. The predicted molar refractivity (Wildman–Crippen MR) is 95.9 cm³/mol. The summed E-state index contributed by atoms with van der Waals surface area (Å²) in [6.45, 7) is 0. The minimum atomic E-state index is -1.00. The van der Waals surface area contributed by atoms with E-state index in [4.69, 9.17) is 0 Å². The lowest BCUT2D eigenvalue weighted by Gasteiger charge is -2.25. The molecule has 1 aliphatic rings. The quantitative estimate of drug-likeness (QED) is 0.539. The van der Waals surface area contributed by atoms with Crippen molar-refractivity contribution in [3.63, 3.8) is 0 Å². The molecule has 26 heavy (non-hydrogen) atoms. The summed E-state index contributed by atoms with van der Waals surface area (Å²) >= 11 is 0. The van der Waals surface area contributed by atoms with E-state index in [9.17, 15) is 14.4 Å². The van der Waals surface area contributed by atoms with E-state index in [2.05, 4.69) is 0 Å². The zero-order chi connectivity index (χ0) is 18.3. The highest BCUT2D eigenvalue weighted by atomic mass is 16.2. The summed E-state index contributed by atoms with van der Waals surface area (Å²) in [6.07, 6.45) is 1.76. The monoisotopic (exact) mass is 344 g/mol. The fourth-order valence-electron chi connectivity index (χ4n) is 3.35. The van der Waals surface area contributed by atoms with Gasteiger partial charge in [0.2, 0.25) is 5.78 Å². The second-order valence-corrected chi connectivity index (χ2v) is 6.21. The van der Waals surface area contributed by atoms with E-state index in [-0.39, 0.29) is 5.78 Å². The van der Waals surface area contributed by atoms with Crippen molar-refractivity contribution in [2.24, 2.45) is 7.05 Å². The molecule has 4 rings (SSSR count). The molecule has 1 aromatic heterocycles. The van der Waals surface area contributed by atoms with Gasteiger partial charge < -0.3 is 4.57 Å². The highest BCUT2D eigenvalue weighted by molar-refractivity contribution is 6.23. The van der Waals surface area contributed by atoms with E-state index in [1.165, 1.54) is 0 Å². The number of aromatic nitrogens is 1. The fourth-order valence-corrected chi connectivity index (χ4v) is 3.35. The SMILES string of the molecule is Cn1cccc1C(=O)[C@H](c1ccccc1)N1C(=O)c2ccccc2C1=O. The Morgan fingerprint density at radius 1 is 0.808 bits per heavy atom. The van der Waals surface area contributed by atoms with Gasteiger partial charge in [0, 0.05) is 13.2 Å². The summed E-state index contributed by atoms with van der Waals surface area (Å²) in [4.78, 5) is 40.2. The van der Waals surface area contributed by atoms with Crippen molar-refractivity contribution in [3.05, 3.63) is 95.3 Å². The Bertz CT molecular complexity index is 986. The van der Waals surface area contributed by atoms with Gasteiger partial charge in [-0.05, 0) is 29.8 Å². The van der Waals surface area contributed by atoms with Crippen LogP contribution in [0.4, 0.5) is 0 Å². The van der Waals surface area contributed by atoms with E-state index in [1.54, 1.807) is 78.5 Å². The van der Waals surface area contributed by atoms with Crippen molar-refractivity contribution in [2.75, 3.05) is 0 Å². The Kier molecular flexibility index (Phi) is 3.77. The number of amides is 2. The number of hydrogen-bond donors (Lipinski definition) is 0. The van der Waals surface area contributed by atoms with Crippen LogP contribution in [0.1, 0.15) is 42.8 Å². The smallest absolute Gasteiger partial charge is 0.262 e. The molecule has 2 amide bonds. The summed E-state index contributed by atoms with van der Waals surface area (Å²) in [5.41, 5.74) is 1.71. The molecule has 0 fully saturated rings. The number of ketones is 1. The summed E-state index contributed by atoms with van der Waals surface area (Å²) in [5.74, 6) is -1.18. The predicted octanol–water partition coefficient (Wildman–Crippen LogP) is 3.25. The van der Waals surface area contributed by atoms with Crippen LogP contribution >= 0.6 is 0 Å². The van der Waals surface area contributed by atoms with Crippen LogP contribution < -0.4 is 0 Å². The summed E-state index contributed by atoms with van der Waals surface area (Å²) < 4.78 is 1.69.